The fourth-order valence-corrected chi connectivity index (χ4v) is 0.597. The molecule has 2 nitrogen and oxygen atoms in total. The van der Waals surface area contributed by atoms with Gasteiger partial charge in [0.05, 0.1) is 6.61 Å². The zero-order valence-corrected chi connectivity index (χ0v) is 4.31. The van der Waals surface area contributed by atoms with Crippen molar-refractivity contribution in [2.24, 2.45) is 0 Å². The van der Waals surface area contributed by atoms with Crippen LogP contribution >= 0.6 is 0 Å². The minimum atomic E-state index is 0.858. The monoisotopic (exact) mass is 98.1 g/mol. The molecule has 1 radical (unpaired) electrons. The van der Waals surface area contributed by atoms with Crippen LogP contribution in [0.5, 0.6) is 0 Å². The predicted octanol–water partition coefficient (Wildman–Crippen LogP) is 0.339. The van der Waals surface area contributed by atoms with Gasteiger partial charge in [-0.15, -0.1) is 0 Å². The van der Waals surface area contributed by atoms with Gasteiger partial charge in [-0.2, -0.15) is 0 Å². The first-order valence-electron chi connectivity index (χ1n) is 2.69. The Morgan fingerprint density at radius 1 is 1.43 bits per heavy atom. The van der Waals surface area contributed by atoms with Gasteiger partial charge in [0.1, 0.15) is 0 Å². The Morgan fingerprint density at radius 2 is 2.43 bits per heavy atom. The van der Waals surface area contributed by atoms with Crippen molar-refractivity contribution in [1.82, 2.24) is 5.39 Å². The number of nitrogens with one attached hydrogen (secondary N) is 1. The first-order chi connectivity index (χ1) is 3.50. The summed E-state index contributed by atoms with van der Waals surface area (Å²) >= 11 is 0. The van der Waals surface area contributed by atoms with Crippen molar-refractivity contribution >= 4 is 7.41 Å². The summed E-state index contributed by atoms with van der Waals surface area (Å²) in [5.41, 5.74) is 0. The molecule has 39 valence electrons. The van der Waals surface area contributed by atoms with E-state index in [2.05, 4.69) is 5.39 Å². The molecule has 0 atom stereocenters. The van der Waals surface area contributed by atoms with Crippen LogP contribution in [0.4, 0.5) is 0 Å². The van der Waals surface area contributed by atoms with Crippen molar-refractivity contribution in [2.45, 2.75) is 19.2 Å². The highest BCUT2D eigenvalue weighted by molar-refractivity contribution is 6.31. The van der Waals surface area contributed by atoms with E-state index in [1.807, 2.05) is 7.41 Å². The SMILES string of the molecule is [B]1CCCCON1. The second-order valence-corrected chi connectivity index (χ2v) is 1.67. The van der Waals surface area contributed by atoms with Crippen LogP contribution in [0, 0.1) is 0 Å². The third-order valence-electron chi connectivity index (χ3n) is 1.01. The van der Waals surface area contributed by atoms with Crippen molar-refractivity contribution in [3.63, 3.8) is 0 Å². The molecular formula is C4H9BNO. The maximum Gasteiger partial charge on any atom is 0.241 e. The van der Waals surface area contributed by atoms with Crippen molar-refractivity contribution in [2.75, 3.05) is 6.61 Å². The highest BCUT2D eigenvalue weighted by Crippen LogP contribution is 1.96. The van der Waals surface area contributed by atoms with Crippen LogP contribution in [0.2, 0.25) is 6.32 Å². The average Bonchev–Trinajstić information content (AvgIpc) is 1.90. The molecule has 0 unspecified atom stereocenters. The minimum Gasteiger partial charge on any atom is -0.314 e. The molecule has 0 aromatic rings. The van der Waals surface area contributed by atoms with Crippen LogP contribution in [0.1, 0.15) is 12.8 Å². The summed E-state index contributed by atoms with van der Waals surface area (Å²) in [4.78, 5) is 4.89. The van der Waals surface area contributed by atoms with Crippen LogP contribution in [0.15, 0.2) is 0 Å². The lowest BCUT2D eigenvalue weighted by molar-refractivity contribution is 0.0957. The van der Waals surface area contributed by atoms with Gasteiger partial charge in [0.25, 0.3) is 0 Å². The van der Waals surface area contributed by atoms with E-state index in [4.69, 9.17) is 4.84 Å². The summed E-state index contributed by atoms with van der Waals surface area (Å²) in [7, 11) is 1.95. The third kappa shape index (κ3) is 1.95. The summed E-state index contributed by atoms with van der Waals surface area (Å²) in [6, 6.07) is 0. The molecule has 1 heterocycles. The molecular weight excluding hydrogens is 88.9 g/mol. The van der Waals surface area contributed by atoms with Gasteiger partial charge in [0, 0.05) is 0 Å². The largest absolute Gasteiger partial charge is 0.314 e. The van der Waals surface area contributed by atoms with Crippen molar-refractivity contribution < 1.29 is 4.84 Å². The van der Waals surface area contributed by atoms with Gasteiger partial charge in [0.15, 0.2) is 0 Å². The lowest BCUT2D eigenvalue weighted by atomic mass is 9.89. The Labute approximate surface area is 44.5 Å². The van der Waals surface area contributed by atoms with E-state index in [1.165, 1.54) is 12.8 Å². The smallest absolute Gasteiger partial charge is 0.241 e. The molecule has 1 fully saturated rings. The van der Waals surface area contributed by atoms with E-state index in [9.17, 15) is 0 Å². The van der Waals surface area contributed by atoms with Gasteiger partial charge in [0.2, 0.25) is 7.41 Å². The second-order valence-electron chi connectivity index (χ2n) is 1.67. The van der Waals surface area contributed by atoms with Gasteiger partial charge in [-0.05, 0) is 6.42 Å². The van der Waals surface area contributed by atoms with E-state index in [0.29, 0.717) is 0 Å². The minimum absolute atomic E-state index is 0.858. The maximum atomic E-state index is 4.89. The molecule has 7 heavy (non-hydrogen) atoms. The van der Waals surface area contributed by atoms with Crippen LogP contribution in [0.3, 0.4) is 0 Å². The molecule has 0 aromatic heterocycles. The normalized spacial score (nSPS) is 22.9. The fraction of sp³-hybridized carbons (Fsp3) is 1.00. The lowest BCUT2D eigenvalue weighted by Crippen LogP contribution is -2.16. The highest BCUT2D eigenvalue weighted by atomic mass is 16.6. The highest BCUT2D eigenvalue weighted by Gasteiger charge is 1.96. The lowest BCUT2D eigenvalue weighted by Gasteiger charge is -1.93. The van der Waals surface area contributed by atoms with E-state index in [-0.39, 0.29) is 0 Å². The molecule has 1 saturated heterocycles. The van der Waals surface area contributed by atoms with Gasteiger partial charge in [-0.25, -0.2) is 0 Å². The average molecular weight is 97.9 g/mol. The number of hydrogen-bond acceptors (Lipinski definition) is 2. The zero-order valence-electron chi connectivity index (χ0n) is 4.31. The predicted molar refractivity (Wildman–Crippen MR) is 28.9 cm³/mol. The van der Waals surface area contributed by atoms with E-state index in [0.717, 1.165) is 12.9 Å². The Hall–Kier alpha value is -0.0151. The Balaban J connectivity index is 2.04. The molecule has 0 saturated carbocycles. The van der Waals surface area contributed by atoms with Gasteiger partial charge < -0.3 is 4.84 Å². The first kappa shape index (κ1) is 5.13. The van der Waals surface area contributed by atoms with E-state index in [1.54, 1.807) is 0 Å². The molecule has 1 aliphatic heterocycles. The van der Waals surface area contributed by atoms with Crippen LogP contribution in [0.25, 0.3) is 0 Å². The first-order valence-corrected chi connectivity index (χ1v) is 2.69. The van der Waals surface area contributed by atoms with Gasteiger partial charge >= 0.3 is 0 Å². The summed E-state index contributed by atoms with van der Waals surface area (Å²) in [5, 5.41) is 2.72. The number of rotatable bonds is 0. The van der Waals surface area contributed by atoms with E-state index < -0.39 is 0 Å². The molecule has 1 rings (SSSR count). The summed E-state index contributed by atoms with van der Waals surface area (Å²) < 4.78 is 0. The standard InChI is InChI=1S/C4H9BNO/c1-2-4-7-6-5-3-1/h6H,1-4H2. The second kappa shape index (κ2) is 3.05. The molecule has 0 spiro atoms. The van der Waals surface area contributed by atoms with Crippen molar-refractivity contribution in [3.8, 4) is 0 Å². The Bertz CT molecular complexity index is 31.3. The third-order valence-corrected chi connectivity index (χ3v) is 1.01. The van der Waals surface area contributed by atoms with E-state index >= 15 is 0 Å². The van der Waals surface area contributed by atoms with Crippen LogP contribution in [-0.2, 0) is 4.84 Å². The van der Waals surface area contributed by atoms with Crippen molar-refractivity contribution in [1.29, 1.82) is 0 Å². The van der Waals surface area contributed by atoms with Gasteiger partial charge in [-0.3, -0.25) is 5.39 Å². The molecule has 0 aliphatic carbocycles. The molecule has 3 heteroatoms. The molecule has 0 bridgehead atoms. The topological polar surface area (TPSA) is 21.3 Å². The summed E-state index contributed by atoms with van der Waals surface area (Å²) in [6.07, 6.45) is 3.58. The summed E-state index contributed by atoms with van der Waals surface area (Å²) in [5.74, 6) is 0. The number of hydrogen-bond donors (Lipinski definition) is 1. The summed E-state index contributed by atoms with van der Waals surface area (Å²) in [6.45, 7) is 0.858. The van der Waals surface area contributed by atoms with Crippen molar-refractivity contribution in [3.05, 3.63) is 0 Å². The molecule has 1 aliphatic rings. The Morgan fingerprint density at radius 3 is 3.43 bits per heavy atom. The molecule has 1 N–H and O–H groups in total. The van der Waals surface area contributed by atoms with Crippen LogP contribution in [-0.4, -0.2) is 14.0 Å². The van der Waals surface area contributed by atoms with Gasteiger partial charge in [-0.1, -0.05) is 12.7 Å². The van der Waals surface area contributed by atoms with Crippen LogP contribution < -0.4 is 5.39 Å². The quantitative estimate of drug-likeness (QED) is 0.441. The maximum absolute atomic E-state index is 4.89. The Kier molecular flexibility index (Phi) is 2.23. The fourth-order valence-electron chi connectivity index (χ4n) is 0.597. The zero-order chi connectivity index (χ0) is 4.95. The molecule has 0 amide bonds. The molecule has 0 aromatic carbocycles.